The van der Waals surface area contributed by atoms with Gasteiger partial charge in [0.2, 0.25) is 0 Å². The van der Waals surface area contributed by atoms with Gasteiger partial charge < -0.3 is 4.98 Å². The van der Waals surface area contributed by atoms with Gasteiger partial charge in [-0.15, -0.1) is 10.2 Å². The van der Waals surface area contributed by atoms with Crippen LogP contribution in [-0.4, -0.2) is 4.98 Å². The summed E-state index contributed by atoms with van der Waals surface area (Å²) in [4.78, 5) is 14.7. The quantitative estimate of drug-likeness (QED) is 0.459. The zero-order valence-electron chi connectivity index (χ0n) is 13.1. The Balaban J connectivity index is 2.28. The molecule has 0 spiro atoms. The summed E-state index contributed by atoms with van der Waals surface area (Å²) < 4.78 is 1.000. The second-order valence-corrected chi connectivity index (χ2v) is 6.53. The SMILES string of the molecule is Cc1ccc2[nH]c(=O)c(C#N)c(C)c2c1N=Nc1ccccc1I. The van der Waals surface area contributed by atoms with Gasteiger partial charge in [-0.05, 0) is 65.8 Å². The van der Waals surface area contributed by atoms with Crippen LogP contribution in [0.2, 0.25) is 0 Å². The van der Waals surface area contributed by atoms with Crippen LogP contribution in [0.1, 0.15) is 16.7 Å². The molecule has 0 amide bonds. The van der Waals surface area contributed by atoms with Crippen molar-refractivity contribution in [1.29, 1.82) is 5.26 Å². The van der Waals surface area contributed by atoms with E-state index >= 15 is 0 Å². The van der Waals surface area contributed by atoms with Crippen molar-refractivity contribution in [2.75, 3.05) is 0 Å². The van der Waals surface area contributed by atoms with Gasteiger partial charge in [-0.3, -0.25) is 4.79 Å². The van der Waals surface area contributed by atoms with E-state index in [4.69, 9.17) is 0 Å². The summed E-state index contributed by atoms with van der Waals surface area (Å²) in [6.07, 6.45) is 0. The predicted octanol–water partition coefficient (Wildman–Crippen LogP) is 5.04. The van der Waals surface area contributed by atoms with Gasteiger partial charge in [0.15, 0.2) is 0 Å². The number of aromatic amines is 1. The van der Waals surface area contributed by atoms with E-state index in [2.05, 4.69) is 37.8 Å². The van der Waals surface area contributed by atoms with Crippen molar-refractivity contribution < 1.29 is 0 Å². The summed E-state index contributed by atoms with van der Waals surface area (Å²) in [7, 11) is 0. The first-order chi connectivity index (χ1) is 11.5. The number of nitrogens with one attached hydrogen (secondary N) is 1. The molecular weight excluding hydrogens is 415 g/mol. The van der Waals surface area contributed by atoms with Gasteiger partial charge in [0.1, 0.15) is 11.6 Å². The maximum Gasteiger partial charge on any atom is 0.266 e. The molecule has 118 valence electrons. The monoisotopic (exact) mass is 428 g/mol. The number of benzene rings is 2. The molecule has 0 bridgehead atoms. The van der Waals surface area contributed by atoms with E-state index in [0.29, 0.717) is 16.8 Å². The fourth-order valence-corrected chi connectivity index (χ4v) is 3.05. The summed E-state index contributed by atoms with van der Waals surface area (Å²) in [5, 5.41) is 18.8. The van der Waals surface area contributed by atoms with Crippen LogP contribution in [0, 0.1) is 28.7 Å². The first kappa shape index (κ1) is 16.3. The number of aryl methyl sites for hydroxylation is 2. The maximum absolute atomic E-state index is 12.0. The van der Waals surface area contributed by atoms with E-state index in [9.17, 15) is 10.1 Å². The summed E-state index contributed by atoms with van der Waals surface area (Å²) in [5.41, 5.74) is 3.37. The summed E-state index contributed by atoms with van der Waals surface area (Å²) >= 11 is 2.21. The van der Waals surface area contributed by atoms with Gasteiger partial charge in [0, 0.05) is 8.96 Å². The number of azo groups is 1. The number of rotatable bonds is 2. The average Bonchev–Trinajstić information content (AvgIpc) is 2.56. The normalized spacial score (nSPS) is 11.1. The Hall–Kier alpha value is -2.53. The van der Waals surface area contributed by atoms with E-state index < -0.39 is 0 Å². The molecular formula is C18H13IN4O. The minimum atomic E-state index is -0.383. The summed E-state index contributed by atoms with van der Waals surface area (Å²) in [6.45, 7) is 3.70. The molecule has 0 aliphatic rings. The highest BCUT2D eigenvalue weighted by Crippen LogP contribution is 2.33. The molecule has 0 unspecified atom stereocenters. The molecule has 5 nitrogen and oxygen atoms in total. The van der Waals surface area contributed by atoms with Gasteiger partial charge in [0.25, 0.3) is 5.56 Å². The van der Waals surface area contributed by atoms with Crippen LogP contribution in [0.15, 0.2) is 51.4 Å². The van der Waals surface area contributed by atoms with Gasteiger partial charge in [-0.25, -0.2) is 0 Å². The number of H-pyrrole nitrogens is 1. The molecule has 1 heterocycles. The van der Waals surface area contributed by atoms with Crippen LogP contribution in [0.5, 0.6) is 0 Å². The van der Waals surface area contributed by atoms with E-state index in [-0.39, 0.29) is 11.1 Å². The van der Waals surface area contributed by atoms with Crippen LogP contribution in [0.4, 0.5) is 11.4 Å². The van der Waals surface area contributed by atoms with E-state index in [1.54, 1.807) is 6.92 Å². The molecule has 3 rings (SSSR count). The van der Waals surface area contributed by atoms with Crippen LogP contribution in [-0.2, 0) is 0 Å². The predicted molar refractivity (Wildman–Crippen MR) is 102 cm³/mol. The fraction of sp³-hybridized carbons (Fsp3) is 0.111. The number of hydrogen-bond acceptors (Lipinski definition) is 4. The number of aromatic nitrogens is 1. The van der Waals surface area contributed by atoms with Crippen molar-refractivity contribution >= 4 is 44.9 Å². The molecule has 1 aromatic heterocycles. The third-order valence-electron chi connectivity index (χ3n) is 3.83. The fourth-order valence-electron chi connectivity index (χ4n) is 2.56. The van der Waals surface area contributed by atoms with E-state index in [1.807, 2.05) is 49.4 Å². The highest BCUT2D eigenvalue weighted by molar-refractivity contribution is 14.1. The van der Waals surface area contributed by atoms with Crippen molar-refractivity contribution in [3.8, 4) is 6.07 Å². The number of nitriles is 1. The summed E-state index contributed by atoms with van der Waals surface area (Å²) in [6, 6.07) is 13.4. The Kier molecular flexibility index (Phi) is 4.44. The molecule has 0 fully saturated rings. The highest BCUT2D eigenvalue weighted by Gasteiger charge is 2.13. The Morgan fingerprint density at radius 1 is 1.12 bits per heavy atom. The lowest BCUT2D eigenvalue weighted by Crippen LogP contribution is -2.12. The smallest absolute Gasteiger partial charge is 0.266 e. The van der Waals surface area contributed by atoms with Crippen LogP contribution in [0.3, 0.4) is 0 Å². The van der Waals surface area contributed by atoms with Gasteiger partial charge in [-0.2, -0.15) is 5.26 Å². The van der Waals surface area contributed by atoms with E-state index in [1.165, 1.54) is 0 Å². The molecule has 2 aromatic carbocycles. The third kappa shape index (κ3) is 2.83. The Labute approximate surface area is 152 Å². The number of pyridine rings is 1. The second kappa shape index (κ2) is 6.53. The molecule has 0 aliphatic carbocycles. The zero-order valence-corrected chi connectivity index (χ0v) is 15.2. The van der Waals surface area contributed by atoms with Crippen molar-refractivity contribution in [3.05, 3.63) is 67.0 Å². The minimum Gasteiger partial charge on any atom is -0.321 e. The van der Waals surface area contributed by atoms with Crippen molar-refractivity contribution in [3.63, 3.8) is 0 Å². The van der Waals surface area contributed by atoms with Crippen LogP contribution >= 0.6 is 22.6 Å². The standard InChI is InChI=1S/C18H13IN4O/c1-10-7-8-15-16(11(2)12(9-20)18(24)21-15)17(10)23-22-14-6-4-3-5-13(14)19/h3-8H,1-2H3,(H,21,24). The molecule has 0 saturated carbocycles. The first-order valence-electron chi connectivity index (χ1n) is 7.25. The van der Waals surface area contributed by atoms with Gasteiger partial charge >= 0.3 is 0 Å². The van der Waals surface area contributed by atoms with Crippen LogP contribution < -0.4 is 5.56 Å². The average molecular weight is 428 g/mol. The molecule has 0 radical (unpaired) electrons. The Morgan fingerprint density at radius 3 is 2.58 bits per heavy atom. The van der Waals surface area contributed by atoms with Crippen molar-refractivity contribution in [1.82, 2.24) is 4.98 Å². The molecule has 3 aromatic rings. The number of halogens is 1. The Morgan fingerprint density at radius 2 is 1.88 bits per heavy atom. The molecule has 24 heavy (non-hydrogen) atoms. The number of nitrogens with zero attached hydrogens (tertiary/aromatic N) is 3. The van der Waals surface area contributed by atoms with E-state index in [0.717, 1.165) is 20.2 Å². The third-order valence-corrected chi connectivity index (χ3v) is 4.74. The molecule has 0 saturated heterocycles. The second-order valence-electron chi connectivity index (χ2n) is 5.37. The minimum absolute atomic E-state index is 0.110. The number of fused-ring (bicyclic) bond motifs is 1. The first-order valence-corrected chi connectivity index (χ1v) is 8.33. The van der Waals surface area contributed by atoms with Gasteiger partial charge in [-0.1, -0.05) is 18.2 Å². The number of hydrogen-bond donors (Lipinski definition) is 1. The lowest BCUT2D eigenvalue weighted by atomic mass is 10.0. The Bertz CT molecular complexity index is 1080. The highest BCUT2D eigenvalue weighted by atomic mass is 127. The van der Waals surface area contributed by atoms with Crippen molar-refractivity contribution in [2.24, 2.45) is 10.2 Å². The largest absolute Gasteiger partial charge is 0.321 e. The molecule has 1 N–H and O–H groups in total. The molecule has 6 heteroatoms. The topological polar surface area (TPSA) is 81.4 Å². The maximum atomic E-state index is 12.0. The molecule has 0 atom stereocenters. The van der Waals surface area contributed by atoms with Crippen molar-refractivity contribution in [2.45, 2.75) is 13.8 Å². The summed E-state index contributed by atoms with van der Waals surface area (Å²) in [5.74, 6) is 0. The van der Waals surface area contributed by atoms with Crippen LogP contribution in [0.25, 0.3) is 10.9 Å². The zero-order chi connectivity index (χ0) is 17.3. The lowest BCUT2D eigenvalue weighted by molar-refractivity contribution is 1.19. The molecule has 0 aliphatic heterocycles. The van der Waals surface area contributed by atoms with Gasteiger partial charge in [0.05, 0.1) is 16.9 Å². The lowest BCUT2D eigenvalue weighted by Gasteiger charge is -2.09.